The van der Waals surface area contributed by atoms with Gasteiger partial charge in [-0.3, -0.25) is 9.20 Å². The van der Waals surface area contributed by atoms with Gasteiger partial charge >= 0.3 is 5.97 Å². The second-order valence-corrected chi connectivity index (χ2v) is 6.91. The Morgan fingerprint density at radius 1 is 1.43 bits per heavy atom. The molecule has 0 aliphatic carbocycles. The minimum atomic E-state index is -0.928. The molecule has 0 bridgehead atoms. The molecule has 23 heavy (non-hydrogen) atoms. The van der Waals surface area contributed by atoms with Crippen LogP contribution in [0.15, 0.2) is 29.1 Å². The Hall–Kier alpha value is -1.90. The number of carbonyl (C=O) groups is 2. The molecule has 1 atom stereocenters. The lowest BCUT2D eigenvalue weighted by molar-refractivity contribution is -0.129. The molecule has 0 saturated heterocycles. The third kappa shape index (κ3) is 3.39. The van der Waals surface area contributed by atoms with E-state index in [1.165, 1.54) is 18.3 Å². The molecular formula is C14H12ClN3O3S2. The number of aromatic nitrogens is 2. The number of imidazole rings is 1. The Morgan fingerprint density at radius 3 is 3.00 bits per heavy atom. The van der Waals surface area contributed by atoms with Gasteiger partial charge in [0.1, 0.15) is 0 Å². The molecule has 0 radical (unpaired) electrons. The number of halogens is 1. The number of nitrogens with one attached hydrogen (secondary N) is 1. The summed E-state index contributed by atoms with van der Waals surface area (Å²) in [6, 6.07) is 3.82. The molecule has 0 fully saturated rings. The van der Waals surface area contributed by atoms with E-state index in [4.69, 9.17) is 16.3 Å². The number of ether oxygens (including phenoxy) is 1. The van der Waals surface area contributed by atoms with E-state index in [-0.39, 0.29) is 16.8 Å². The molecule has 0 saturated carbocycles. The van der Waals surface area contributed by atoms with E-state index in [1.807, 2.05) is 17.5 Å². The zero-order valence-electron chi connectivity index (χ0n) is 12.0. The van der Waals surface area contributed by atoms with Gasteiger partial charge < -0.3 is 10.1 Å². The summed E-state index contributed by atoms with van der Waals surface area (Å²) in [5.74, 6) is -1.05. The fourth-order valence-electron chi connectivity index (χ4n) is 1.94. The van der Waals surface area contributed by atoms with Crippen molar-refractivity contribution in [1.29, 1.82) is 0 Å². The molecule has 0 aliphatic rings. The number of thiophene rings is 1. The Kier molecular flexibility index (Phi) is 4.65. The highest BCUT2D eigenvalue weighted by molar-refractivity contribution is 7.15. The maximum atomic E-state index is 12.2. The third-order valence-electron chi connectivity index (χ3n) is 3.08. The van der Waals surface area contributed by atoms with Crippen molar-refractivity contribution in [3.8, 4) is 0 Å². The van der Waals surface area contributed by atoms with Gasteiger partial charge in [-0.1, -0.05) is 17.7 Å². The fourth-order valence-corrected chi connectivity index (χ4v) is 3.60. The predicted octanol–water partition coefficient (Wildman–Crippen LogP) is 2.97. The van der Waals surface area contributed by atoms with Crippen molar-refractivity contribution in [2.45, 2.75) is 19.6 Å². The van der Waals surface area contributed by atoms with Crippen LogP contribution in [-0.4, -0.2) is 27.4 Å². The minimum Gasteiger partial charge on any atom is -0.448 e. The van der Waals surface area contributed by atoms with Gasteiger partial charge in [0.05, 0.1) is 6.54 Å². The zero-order chi connectivity index (χ0) is 16.4. The lowest BCUT2D eigenvalue weighted by atomic mass is 10.3. The molecule has 0 spiro atoms. The van der Waals surface area contributed by atoms with E-state index >= 15 is 0 Å². The number of hydrogen-bond acceptors (Lipinski definition) is 6. The van der Waals surface area contributed by atoms with Gasteiger partial charge in [0.25, 0.3) is 5.91 Å². The van der Waals surface area contributed by atoms with Crippen molar-refractivity contribution in [2.24, 2.45) is 0 Å². The summed E-state index contributed by atoms with van der Waals surface area (Å²) in [5.41, 5.74) is 0.126. The van der Waals surface area contributed by atoms with Crippen LogP contribution in [0.25, 0.3) is 4.96 Å². The van der Waals surface area contributed by atoms with Crippen molar-refractivity contribution >= 4 is 51.1 Å². The molecule has 1 N–H and O–H groups in total. The van der Waals surface area contributed by atoms with E-state index in [0.717, 1.165) is 4.88 Å². The monoisotopic (exact) mass is 369 g/mol. The summed E-state index contributed by atoms with van der Waals surface area (Å²) in [6.45, 7) is 1.92. The first kappa shape index (κ1) is 16.0. The Labute approximate surface area is 144 Å². The van der Waals surface area contributed by atoms with Gasteiger partial charge in [0.15, 0.2) is 21.9 Å². The number of carbonyl (C=O) groups excluding carboxylic acids is 2. The van der Waals surface area contributed by atoms with E-state index in [1.54, 1.807) is 27.3 Å². The molecule has 1 amide bonds. The second-order valence-electron chi connectivity index (χ2n) is 4.65. The number of nitrogens with zero attached hydrogens (tertiary/aromatic N) is 2. The van der Waals surface area contributed by atoms with Crippen molar-refractivity contribution in [2.75, 3.05) is 0 Å². The number of fused-ring (bicyclic) bond motifs is 1. The van der Waals surface area contributed by atoms with Crippen LogP contribution in [0, 0.1) is 0 Å². The maximum Gasteiger partial charge on any atom is 0.359 e. The van der Waals surface area contributed by atoms with Crippen LogP contribution < -0.4 is 5.32 Å². The number of amides is 1. The molecule has 0 aromatic carbocycles. The lowest BCUT2D eigenvalue weighted by Gasteiger charge is -2.12. The Morgan fingerprint density at radius 2 is 2.26 bits per heavy atom. The molecule has 3 heterocycles. The van der Waals surface area contributed by atoms with Crippen LogP contribution in [-0.2, 0) is 16.1 Å². The predicted molar refractivity (Wildman–Crippen MR) is 89.1 cm³/mol. The van der Waals surface area contributed by atoms with Crippen molar-refractivity contribution < 1.29 is 14.3 Å². The number of hydrogen-bond donors (Lipinski definition) is 1. The number of thiazole rings is 1. The third-order valence-corrected chi connectivity index (χ3v) is 4.98. The average Bonchev–Trinajstić information content (AvgIpc) is 3.20. The van der Waals surface area contributed by atoms with Crippen LogP contribution in [0.2, 0.25) is 5.15 Å². The summed E-state index contributed by atoms with van der Waals surface area (Å²) in [6.07, 6.45) is 0.750. The van der Waals surface area contributed by atoms with Crippen molar-refractivity contribution in [1.82, 2.24) is 14.7 Å². The smallest absolute Gasteiger partial charge is 0.359 e. The Bertz CT molecular complexity index is 841. The van der Waals surface area contributed by atoms with Crippen LogP contribution in [0.1, 0.15) is 22.3 Å². The molecule has 120 valence electrons. The number of esters is 1. The lowest BCUT2D eigenvalue weighted by Crippen LogP contribution is -2.35. The topological polar surface area (TPSA) is 72.7 Å². The largest absolute Gasteiger partial charge is 0.448 e. The average molecular weight is 370 g/mol. The van der Waals surface area contributed by atoms with Crippen LogP contribution in [0.5, 0.6) is 0 Å². The van der Waals surface area contributed by atoms with Gasteiger partial charge in [-0.25, -0.2) is 9.78 Å². The van der Waals surface area contributed by atoms with Gasteiger partial charge in [-0.05, 0) is 18.4 Å². The highest BCUT2D eigenvalue weighted by atomic mass is 35.5. The van der Waals surface area contributed by atoms with Crippen LogP contribution in [0.3, 0.4) is 0 Å². The first-order valence-electron chi connectivity index (χ1n) is 6.68. The second kappa shape index (κ2) is 6.69. The first-order valence-corrected chi connectivity index (χ1v) is 8.82. The van der Waals surface area contributed by atoms with E-state index in [0.29, 0.717) is 11.5 Å². The minimum absolute atomic E-state index is 0.0630. The number of rotatable bonds is 5. The molecule has 3 aromatic rings. The molecule has 0 aliphatic heterocycles. The molecule has 9 heteroatoms. The van der Waals surface area contributed by atoms with Crippen LogP contribution >= 0.6 is 34.3 Å². The van der Waals surface area contributed by atoms with Gasteiger partial charge in [0.2, 0.25) is 0 Å². The fraction of sp³-hybridized carbons (Fsp3) is 0.214. The normalized spacial score (nSPS) is 12.3. The SMILES string of the molecule is C[C@H](OC(=O)c1c(Cl)nc2sccn12)C(=O)NCc1cccs1. The van der Waals surface area contributed by atoms with Gasteiger partial charge in [-0.15, -0.1) is 22.7 Å². The molecule has 3 rings (SSSR count). The van der Waals surface area contributed by atoms with E-state index < -0.39 is 12.1 Å². The van der Waals surface area contributed by atoms with Crippen molar-refractivity contribution in [3.63, 3.8) is 0 Å². The standard InChI is InChI=1S/C14H12ClN3O3S2/c1-8(12(19)16-7-9-3-2-5-22-9)21-13(20)10-11(15)17-14-18(10)4-6-23-14/h2-6,8H,7H2,1H3,(H,16,19)/t8-/m0/s1. The molecule has 3 aromatic heterocycles. The highest BCUT2D eigenvalue weighted by Crippen LogP contribution is 2.22. The molecule has 6 nitrogen and oxygen atoms in total. The van der Waals surface area contributed by atoms with E-state index in [2.05, 4.69) is 10.3 Å². The van der Waals surface area contributed by atoms with Crippen LogP contribution in [0.4, 0.5) is 0 Å². The van der Waals surface area contributed by atoms with Gasteiger partial charge in [-0.2, -0.15) is 0 Å². The summed E-state index contributed by atoms with van der Waals surface area (Å²) < 4.78 is 6.74. The van der Waals surface area contributed by atoms with Gasteiger partial charge in [0, 0.05) is 16.5 Å². The summed E-state index contributed by atoms with van der Waals surface area (Å²) >= 11 is 8.87. The summed E-state index contributed by atoms with van der Waals surface area (Å²) in [4.78, 5) is 29.9. The van der Waals surface area contributed by atoms with Crippen molar-refractivity contribution in [3.05, 3.63) is 44.8 Å². The quantitative estimate of drug-likeness (QED) is 0.702. The van der Waals surface area contributed by atoms with E-state index in [9.17, 15) is 9.59 Å². The summed E-state index contributed by atoms with van der Waals surface area (Å²) in [7, 11) is 0. The zero-order valence-corrected chi connectivity index (χ0v) is 14.4. The molecular weight excluding hydrogens is 358 g/mol. The molecule has 0 unspecified atom stereocenters. The Balaban J connectivity index is 1.63. The summed E-state index contributed by atoms with van der Waals surface area (Å²) in [5, 5.41) is 6.50. The maximum absolute atomic E-state index is 12.2. The first-order chi connectivity index (χ1) is 11.1. The highest BCUT2D eigenvalue weighted by Gasteiger charge is 2.24.